The van der Waals surface area contributed by atoms with Gasteiger partial charge in [0, 0.05) is 59.4 Å². The molecule has 0 radical (unpaired) electrons. The Bertz CT molecular complexity index is 1410. The summed E-state index contributed by atoms with van der Waals surface area (Å²) in [6.45, 7) is 2.86. The molecule has 4 aromatic rings. The monoisotopic (exact) mass is 568 g/mol. The summed E-state index contributed by atoms with van der Waals surface area (Å²) in [5.41, 5.74) is 5.20. The molecule has 0 atom stereocenters. The fourth-order valence-electron chi connectivity index (χ4n) is 4.53. The van der Waals surface area contributed by atoms with Gasteiger partial charge in [-0.2, -0.15) is 0 Å². The van der Waals surface area contributed by atoms with Crippen molar-refractivity contribution < 1.29 is 4.79 Å². The molecule has 0 saturated carbocycles. The second kappa shape index (κ2) is 10.5. The second-order valence-electron chi connectivity index (χ2n) is 8.48. The Hall–Kier alpha value is -2.64. The number of nitrogens with zero attached hydrogens (tertiary/aromatic N) is 3. The summed E-state index contributed by atoms with van der Waals surface area (Å²) in [5, 5.41) is 5.29. The van der Waals surface area contributed by atoms with Gasteiger partial charge in [0.1, 0.15) is 5.15 Å². The standard InChI is InChI=1S/C27H23BrCl2N4O/c28-22-4-1-5-24-26(22)21-17-33(13-2-3-18-6-8-20(29)9-7-18)14-11-23(21)34(24)27(35)32-16-19-10-12-31-25(30)15-19/h1-10,12,15H,11,13-14,16-17H2,(H,32,35)/b3-2+. The molecular formula is C27H23BrCl2N4O. The topological polar surface area (TPSA) is 50.2 Å². The van der Waals surface area contributed by atoms with E-state index in [0.717, 1.165) is 63.3 Å². The molecule has 1 amide bonds. The minimum absolute atomic E-state index is 0.140. The number of carbonyl (C=O) groups excluding carboxylic acids is 1. The van der Waals surface area contributed by atoms with Crippen LogP contribution >= 0.6 is 39.1 Å². The summed E-state index contributed by atoms with van der Waals surface area (Å²) >= 11 is 15.7. The molecule has 35 heavy (non-hydrogen) atoms. The van der Waals surface area contributed by atoms with E-state index in [0.29, 0.717) is 11.7 Å². The molecule has 2 aromatic carbocycles. The Kier molecular flexibility index (Phi) is 7.25. The number of carbonyl (C=O) groups is 1. The lowest BCUT2D eigenvalue weighted by molar-refractivity contribution is 0.240. The van der Waals surface area contributed by atoms with Crippen LogP contribution in [-0.4, -0.2) is 33.6 Å². The fourth-order valence-corrected chi connectivity index (χ4v) is 5.45. The second-order valence-corrected chi connectivity index (χ2v) is 10.2. The first-order valence-corrected chi connectivity index (χ1v) is 12.9. The number of benzene rings is 2. The van der Waals surface area contributed by atoms with Crippen molar-refractivity contribution >= 4 is 62.1 Å². The van der Waals surface area contributed by atoms with Gasteiger partial charge in [0.25, 0.3) is 0 Å². The van der Waals surface area contributed by atoms with Crippen LogP contribution in [0.3, 0.4) is 0 Å². The molecule has 5 rings (SSSR count). The zero-order chi connectivity index (χ0) is 24.4. The molecule has 0 bridgehead atoms. The van der Waals surface area contributed by atoms with Crippen LogP contribution in [-0.2, 0) is 19.5 Å². The minimum Gasteiger partial charge on any atom is -0.333 e. The van der Waals surface area contributed by atoms with Gasteiger partial charge in [0.05, 0.1) is 5.52 Å². The number of amides is 1. The Morgan fingerprint density at radius 1 is 1.14 bits per heavy atom. The Morgan fingerprint density at radius 2 is 1.97 bits per heavy atom. The van der Waals surface area contributed by atoms with Crippen molar-refractivity contribution in [2.45, 2.75) is 19.5 Å². The van der Waals surface area contributed by atoms with Crippen LogP contribution in [0.2, 0.25) is 10.2 Å². The minimum atomic E-state index is -0.140. The Balaban J connectivity index is 1.37. The van der Waals surface area contributed by atoms with Crippen molar-refractivity contribution in [3.05, 3.63) is 104 Å². The molecule has 178 valence electrons. The van der Waals surface area contributed by atoms with Crippen LogP contribution in [0.1, 0.15) is 22.4 Å². The van der Waals surface area contributed by atoms with Gasteiger partial charge in [-0.25, -0.2) is 9.78 Å². The van der Waals surface area contributed by atoms with Crippen molar-refractivity contribution in [2.75, 3.05) is 13.1 Å². The highest BCUT2D eigenvalue weighted by molar-refractivity contribution is 9.10. The average Bonchev–Trinajstić information content (AvgIpc) is 3.19. The van der Waals surface area contributed by atoms with Gasteiger partial charge in [0.15, 0.2) is 0 Å². The molecule has 1 N–H and O–H groups in total. The normalized spacial score (nSPS) is 13.9. The molecule has 1 aliphatic rings. The third-order valence-electron chi connectivity index (χ3n) is 6.18. The smallest absolute Gasteiger partial charge is 0.326 e. The van der Waals surface area contributed by atoms with Gasteiger partial charge in [0.2, 0.25) is 0 Å². The van der Waals surface area contributed by atoms with Crippen LogP contribution in [0.25, 0.3) is 17.0 Å². The highest BCUT2D eigenvalue weighted by Crippen LogP contribution is 2.35. The summed E-state index contributed by atoms with van der Waals surface area (Å²) in [6.07, 6.45) is 6.72. The van der Waals surface area contributed by atoms with Gasteiger partial charge in [-0.05, 0) is 53.1 Å². The number of hydrogen-bond donors (Lipinski definition) is 1. The maximum absolute atomic E-state index is 13.3. The number of rotatable bonds is 5. The van der Waals surface area contributed by atoms with Gasteiger partial charge < -0.3 is 5.32 Å². The predicted octanol–water partition coefficient (Wildman–Crippen LogP) is 6.94. The lowest BCUT2D eigenvalue weighted by atomic mass is 10.0. The highest BCUT2D eigenvalue weighted by Gasteiger charge is 2.27. The third-order valence-corrected chi connectivity index (χ3v) is 7.30. The van der Waals surface area contributed by atoms with Gasteiger partial charge in [-0.1, -0.05) is 69.5 Å². The van der Waals surface area contributed by atoms with Gasteiger partial charge in [-0.15, -0.1) is 0 Å². The Morgan fingerprint density at radius 3 is 2.77 bits per heavy atom. The number of hydrogen-bond acceptors (Lipinski definition) is 3. The van der Waals surface area contributed by atoms with Crippen LogP contribution < -0.4 is 5.32 Å². The number of nitrogens with one attached hydrogen (secondary N) is 1. The number of aromatic nitrogens is 2. The molecule has 0 saturated heterocycles. The van der Waals surface area contributed by atoms with Crippen LogP contribution in [0.5, 0.6) is 0 Å². The average molecular weight is 570 g/mol. The van der Waals surface area contributed by atoms with E-state index < -0.39 is 0 Å². The van der Waals surface area contributed by atoms with E-state index in [4.69, 9.17) is 23.2 Å². The quantitative estimate of drug-likeness (QED) is 0.265. The molecule has 0 spiro atoms. The Labute approximate surface area is 222 Å². The summed E-state index contributed by atoms with van der Waals surface area (Å²) in [4.78, 5) is 19.7. The summed E-state index contributed by atoms with van der Waals surface area (Å²) < 4.78 is 2.83. The highest BCUT2D eigenvalue weighted by atomic mass is 79.9. The van der Waals surface area contributed by atoms with E-state index in [9.17, 15) is 4.79 Å². The predicted molar refractivity (Wildman–Crippen MR) is 146 cm³/mol. The van der Waals surface area contributed by atoms with E-state index in [-0.39, 0.29) is 6.03 Å². The zero-order valence-corrected chi connectivity index (χ0v) is 21.9. The van der Waals surface area contributed by atoms with Crippen molar-refractivity contribution in [1.82, 2.24) is 19.8 Å². The van der Waals surface area contributed by atoms with Gasteiger partial charge >= 0.3 is 6.03 Å². The van der Waals surface area contributed by atoms with E-state index in [1.807, 2.05) is 53.1 Å². The maximum Gasteiger partial charge on any atom is 0.326 e. The molecule has 2 aromatic heterocycles. The molecule has 0 fully saturated rings. The number of halogens is 3. The summed E-state index contributed by atoms with van der Waals surface area (Å²) in [6, 6.07) is 17.3. The number of fused-ring (bicyclic) bond motifs is 3. The van der Waals surface area contributed by atoms with Crippen molar-refractivity contribution in [1.29, 1.82) is 0 Å². The zero-order valence-electron chi connectivity index (χ0n) is 18.8. The number of pyridine rings is 1. The summed E-state index contributed by atoms with van der Waals surface area (Å²) in [5.74, 6) is 0. The van der Waals surface area contributed by atoms with Crippen LogP contribution in [0, 0.1) is 0 Å². The van der Waals surface area contributed by atoms with Crippen LogP contribution in [0.4, 0.5) is 4.79 Å². The molecule has 1 aliphatic heterocycles. The van der Waals surface area contributed by atoms with Gasteiger partial charge in [-0.3, -0.25) is 9.47 Å². The lowest BCUT2D eigenvalue weighted by Gasteiger charge is -2.27. The van der Waals surface area contributed by atoms with E-state index in [1.165, 1.54) is 5.56 Å². The van der Waals surface area contributed by atoms with E-state index in [2.05, 4.69) is 43.3 Å². The first-order chi connectivity index (χ1) is 17.0. The maximum atomic E-state index is 13.3. The van der Waals surface area contributed by atoms with Crippen molar-refractivity contribution in [3.63, 3.8) is 0 Å². The first-order valence-electron chi connectivity index (χ1n) is 11.3. The molecule has 3 heterocycles. The molecule has 8 heteroatoms. The van der Waals surface area contributed by atoms with E-state index in [1.54, 1.807) is 12.3 Å². The first kappa shape index (κ1) is 24.1. The lowest BCUT2D eigenvalue weighted by Crippen LogP contribution is -2.34. The molecule has 0 unspecified atom stereocenters. The van der Waals surface area contributed by atoms with Crippen molar-refractivity contribution in [3.8, 4) is 0 Å². The van der Waals surface area contributed by atoms with E-state index >= 15 is 0 Å². The summed E-state index contributed by atoms with van der Waals surface area (Å²) in [7, 11) is 0. The van der Waals surface area contributed by atoms with Crippen LogP contribution in [0.15, 0.2) is 71.3 Å². The molecule has 0 aliphatic carbocycles. The molecular weight excluding hydrogens is 547 g/mol. The molecule has 5 nitrogen and oxygen atoms in total. The van der Waals surface area contributed by atoms with Crippen molar-refractivity contribution in [2.24, 2.45) is 0 Å². The largest absolute Gasteiger partial charge is 0.333 e. The fraction of sp³-hybridized carbons (Fsp3) is 0.185. The third kappa shape index (κ3) is 5.31. The SMILES string of the molecule is O=C(NCc1ccnc(Cl)c1)n1c2c(c3c(Br)cccc31)CN(C/C=C/c1ccc(Cl)cc1)CC2.